The summed E-state index contributed by atoms with van der Waals surface area (Å²) in [6.07, 6.45) is 3.31. The Kier molecular flexibility index (Phi) is 4.49. The summed E-state index contributed by atoms with van der Waals surface area (Å²) in [5.41, 5.74) is 4.13. The third-order valence-electron chi connectivity index (χ3n) is 3.86. The van der Waals surface area contributed by atoms with Crippen molar-refractivity contribution in [1.82, 2.24) is 0 Å². The molecule has 20 heavy (non-hydrogen) atoms. The first-order valence-electron chi connectivity index (χ1n) is 7.38. The minimum absolute atomic E-state index is 0.0989. The Morgan fingerprint density at radius 2 is 1.40 bits per heavy atom. The summed E-state index contributed by atoms with van der Waals surface area (Å²) in [6, 6.07) is 16.5. The third-order valence-corrected chi connectivity index (χ3v) is 3.86. The van der Waals surface area contributed by atoms with Gasteiger partial charge in [-0.05, 0) is 47.1 Å². The molecule has 0 aliphatic heterocycles. The topological polar surface area (TPSA) is 20.2 Å². The highest BCUT2D eigenvalue weighted by Crippen LogP contribution is 2.28. The van der Waals surface area contributed by atoms with Gasteiger partial charge in [0.2, 0.25) is 0 Å². The van der Waals surface area contributed by atoms with Crippen LogP contribution >= 0.6 is 0 Å². The van der Waals surface area contributed by atoms with Crippen molar-refractivity contribution in [2.24, 2.45) is 0 Å². The van der Waals surface area contributed by atoms with E-state index >= 15 is 0 Å². The van der Waals surface area contributed by atoms with Crippen LogP contribution in [0.15, 0.2) is 48.5 Å². The molecule has 0 spiro atoms. The number of phenols is 1. The maximum atomic E-state index is 9.35. The zero-order valence-electron chi connectivity index (χ0n) is 12.7. The lowest BCUT2D eigenvalue weighted by atomic mass is 9.79. The predicted molar refractivity (Wildman–Crippen MR) is 85.3 cm³/mol. The summed E-state index contributed by atoms with van der Waals surface area (Å²) in [7, 11) is 0. The summed E-state index contributed by atoms with van der Waals surface area (Å²) in [4.78, 5) is 0. The number of benzene rings is 2. The first kappa shape index (κ1) is 14.6. The van der Waals surface area contributed by atoms with Crippen LogP contribution in [0.25, 0.3) is 0 Å². The molecular formula is C19H24O. The molecule has 0 aliphatic carbocycles. The van der Waals surface area contributed by atoms with Crippen LogP contribution in [0.1, 0.15) is 43.9 Å². The van der Waals surface area contributed by atoms with E-state index in [2.05, 4.69) is 45.0 Å². The summed E-state index contributed by atoms with van der Waals surface area (Å²) in [5, 5.41) is 9.35. The Balaban J connectivity index is 2.14. The van der Waals surface area contributed by atoms with Crippen molar-refractivity contribution < 1.29 is 5.11 Å². The van der Waals surface area contributed by atoms with Crippen molar-refractivity contribution in [2.75, 3.05) is 0 Å². The quantitative estimate of drug-likeness (QED) is 0.820. The molecule has 0 bridgehead atoms. The first-order chi connectivity index (χ1) is 9.51. The highest BCUT2D eigenvalue weighted by molar-refractivity contribution is 5.32. The normalized spacial score (nSPS) is 11.6. The van der Waals surface area contributed by atoms with Gasteiger partial charge in [0.05, 0.1) is 0 Å². The van der Waals surface area contributed by atoms with Gasteiger partial charge in [0.25, 0.3) is 0 Å². The van der Waals surface area contributed by atoms with Crippen molar-refractivity contribution in [3.05, 3.63) is 65.2 Å². The molecule has 2 rings (SSSR count). The number of aromatic hydroxyl groups is 1. The maximum Gasteiger partial charge on any atom is 0.115 e. The SMILES string of the molecule is CCCc1ccc(C(C)(C)Cc2ccc(O)cc2)cc1. The van der Waals surface area contributed by atoms with Crippen LogP contribution in [0, 0.1) is 0 Å². The molecule has 1 heteroatoms. The first-order valence-corrected chi connectivity index (χ1v) is 7.38. The standard InChI is InChI=1S/C19H24O/c1-4-5-15-6-10-17(11-7-15)19(2,3)14-16-8-12-18(20)13-9-16/h6-13,20H,4-5,14H2,1-3H3. The minimum atomic E-state index is 0.0989. The lowest BCUT2D eigenvalue weighted by molar-refractivity contribution is 0.474. The van der Waals surface area contributed by atoms with Gasteiger partial charge in [-0.15, -0.1) is 0 Å². The average molecular weight is 268 g/mol. The summed E-state index contributed by atoms with van der Waals surface area (Å²) < 4.78 is 0. The van der Waals surface area contributed by atoms with Gasteiger partial charge in [-0.1, -0.05) is 63.6 Å². The molecule has 0 aliphatic rings. The molecule has 2 aromatic carbocycles. The monoisotopic (exact) mass is 268 g/mol. The summed E-state index contributed by atoms with van der Waals surface area (Å²) >= 11 is 0. The molecule has 1 nitrogen and oxygen atoms in total. The molecule has 0 radical (unpaired) electrons. The average Bonchev–Trinajstić information content (AvgIpc) is 2.42. The van der Waals surface area contributed by atoms with Gasteiger partial charge in [-0.25, -0.2) is 0 Å². The Labute approximate surface area is 122 Å². The van der Waals surface area contributed by atoms with Gasteiger partial charge in [-0.2, -0.15) is 0 Å². The second-order valence-electron chi connectivity index (χ2n) is 6.17. The van der Waals surface area contributed by atoms with E-state index < -0.39 is 0 Å². The third kappa shape index (κ3) is 3.63. The van der Waals surface area contributed by atoms with Crippen LogP contribution in [0.5, 0.6) is 5.75 Å². The van der Waals surface area contributed by atoms with Crippen LogP contribution in [0.4, 0.5) is 0 Å². The van der Waals surface area contributed by atoms with Crippen LogP contribution in [-0.2, 0) is 18.3 Å². The van der Waals surface area contributed by atoms with E-state index in [-0.39, 0.29) is 5.41 Å². The van der Waals surface area contributed by atoms with Gasteiger partial charge in [0.1, 0.15) is 5.75 Å². The van der Waals surface area contributed by atoms with Gasteiger partial charge < -0.3 is 5.11 Å². The number of aryl methyl sites for hydroxylation is 1. The van der Waals surface area contributed by atoms with Crippen LogP contribution in [-0.4, -0.2) is 5.11 Å². The Bertz CT molecular complexity index is 535. The summed E-state index contributed by atoms with van der Waals surface area (Å²) in [5.74, 6) is 0.329. The van der Waals surface area contributed by atoms with Gasteiger partial charge in [0, 0.05) is 0 Å². The Morgan fingerprint density at radius 1 is 0.850 bits per heavy atom. The highest BCUT2D eigenvalue weighted by Gasteiger charge is 2.20. The molecule has 0 fully saturated rings. The van der Waals surface area contributed by atoms with E-state index in [1.165, 1.54) is 23.1 Å². The van der Waals surface area contributed by atoms with Crippen molar-refractivity contribution >= 4 is 0 Å². The van der Waals surface area contributed by atoms with Crippen LogP contribution in [0.3, 0.4) is 0 Å². The fourth-order valence-corrected chi connectivity index (χ4v) is 2.64. The second kappa shape index (κ2) is 6.13. The molecule has 0 aromatic heterocycles. The summed E-state index contributed by atoms with van der Waals surface area (Å²) in [6.45, 7) is 6.76. The van der Waals surface area contributed by atoms with Crippen LogP contribution in [0.2, 0.25) is 0 Å². The lowest BCUT2D eigenvalue weighted by Gasteiger charge is -2.26. The number of phenolic OH excluding ortho intramolecular Hbond substituents is 1. The predicted octanol–water partition coefficient (Wildman–Crippen LogP) is 4.87. The van der Waals surface area contributed by atoms with E-state index in [0.29, 0.717) is 5.75 Å². The smallest absolute Gasteiger partial charge is 0.115 e. The van der Waals surface area contributed by atoms with E-state index in [4.69, 9.17) is 0 Å². The van der Waals surface area contributed by atoms with Crippen molar-refractivity contribution in [1.29, 1.82) is 0 Å². The molecular weight excluding hydrogens is 244 g/mol. The highest BCUT2D eigenvalue weighted by atomic mass is 16.3. The molecule has 0 saturated carbocycles. The molecule has 0 unspecified atom stereocenters. The number of hydrogen-bond donors (Lipinski definition) is 1. The Morgan fingerprint density at radius 3 is 1.95 bits per heavy atom. The fourth-order valence-electron chi connectivity index (χ4n) is 2.64. The van der Waals surface area contributed by atoms with E-state index in [9.17, 15) is 5.11 Å². The largest absolute Gasteiger partial charge is 0.508 e. The van der Waals surface area contributed by atoms with Crippen LogP contribution < -0.4 is 0 Å². The van der Waals surface area contributed by atoms with E-state index in [1.54, 1.807) is 12.1 Å². The molecule has 0 amide bonds. The fraction of sp³-hybridized carbons (Fsp3) is 0.368. The molecule has 0 heterocycles. The molecule has 106 valence electrons. The molecule has 1 N–H and O–H groups in total. The number of rotatable bonds is 5. The second-order valence-corrected chi connectivity index (χ2v) is 6.17. The zero-order valence-corrected chi connectivity index (χ0v) is 12.7. The Hall–Kier alpha value is -1.76. The van der Waals surface area contributed by atoms with E-state index in [0.717, 1.165) is 12.8 Å². The molecule has 0 atom stereocenters. The number of hydrogen-bond acceptors (Lipinski definition) is 1. The lowest BCUT2D eigenvalue weighted by Crippen LogP contribution is -2.20. The zero-order chi connectivity index (χ0) is 14.6. The minimum Gasteiger partial charge on any atom is -0.508 e. The molecule has 0 saturated heterocycles. The maximum absolute atomic E-state index is 9.35. The molecule has 2 aromatic rings. The van der Waals surface area contributed by atoms with Gasteiger partial charge >= 0.3 is 0 Å². The van der Waals surface area contributed by atoms with Crippen molar-refractivity contribution in [3.63, 3.8) is 0 Å². The van der Waals surface area contributed by atoms with Crippen molar-refractivity contribution in [2.45, 2.75) is 45.4 Å². The van der Waals surface area contributed by atoms with Gasteiger partial charge in [0.15, 0.2) is 0 Å². The van der Waals surface area contributed by atoms with Gasteiger partial charge in [-0.3, -0.25) is 0 Å². The van der Waals surface area contributed by atoms with E-state index in [1.807, 2.05) is 12.1 Å². The van der Waals surface area contributed by atoms with Crippen molar-refractivity contribution in [3.8, 4) is 5.75 Å².